The summed E-state index contributed by atoms with van der Waals surface area (Å²) >= 11 is 0. The van der Waals surface area contributed by atoms with Crippen LogP contribution in [-0.2, 0) is 24.0 Å². The Morgan fingerprint density at radius 3 is 2.79 bits per heavy atom. The predicted octanol–water partition coefficient (Wildman–Crippen LogP) is 2.98. The van der Waals surface area contributed by atoms with Crippen LogP contribution in [0.5, 0.6) is 0 Å². The van der Waals surface area contributed by atoms with Gasteiger partial charge in [-0.3, -0.25) is 4.90 Å². The number of hydrogen-bond acceptors (Lipinski definition) is 6. The molecule has 10 heteroatoms. The quantitative estimate of drug-likeness (QED) is 0.703. The number of hydrogen-bond donors (Lipinski definition) is 1. The van der Waals surface area contributed by atoms with Crippen molar-refractivity contribution >= 4 is 11.5 Å². The molecule has 0 bridgehead atoms. The number of morpholine rings is 1. The van der Waals surface area contributed by atoms with Gasteiger partial charge in [-0.25, -0.2) is 0 Å². The highest BCUT2D eigenvalue weighted by Gasteiger charge is 2.37. The van der Waals surface area contributed by atoms with Crippen LogP contribution in [0, 0.1) is 0 Å². The van der Waals surface area contributed by atoms with E-state index in [4.69, 9.17) is 4.74 Å². The third kappa shape index (κ3) is 4.65. The molecular formula is C19H21F3N6O. The average Bonchev–Trinajstić information content (AvgIpc) is 3.10. The lowest BCUT2D eigenvalue weighted by Gasteiger charge is -2.31. The number of anilines is 1. The number of aromatic nitrogens is 4. The van der Waals surface area contributed by atoms with Crippen molar-refractivity contribution in [2.75, 3.05) is 25.0 Å². The number of nitrogens with one attached hydrogen (secondary N) is 1. The fourth-order valence-corrected chi connectivity index (χ4v) is 3.38. The molecule has 0 radical (unpaired) electrons. The van der Waals surface area contributed by atoms with E-state index < -0.39 is 12.0 Å². The molecule has 1 aliphatic heterocycles. The van der Waals surface area contributed by atoms with E-state index in [1.807, 2.05) is 12.1 Å². The van der Waals surface area contributed by atoms with Gasteiger partial charge in [0.05, 0.1) is 12.7 Å². The molecule has 1 atom stereocenters. The van der Waals surface area contributed by atoms with Crippen molar-refractivity contribution in [3.63, 3.8) is 0 Å². The second kappa shape index (κ2) is 7.96. The Kier molecular flexibility index (Phi) is 5.37. The molecule has 29 heavy (non-hydrogen) atoms. The Balaban J connectivity index is 1.44. The number of nitrogens with zero attached hydrogens (tertiary/aromatic N) is 5. The molecular weight excluding hydrogens is 385 g/mol. The first kappa shape index (κ1) is 19.6. The van der Waals surface area contributed by atoms with E-state index in [0.29, 0.717) is 16.9 Å². The zero-order chi connectivity index (χ0) is 20.4. The lowest BCUT2D eigenvalue weighted by molar-refractivity contribution is -0.146. The number of rotatable bonds is 5. The van der Waals surface area contributed by atoms with Crippen LogP contribution in [-0.4, -0.2) is 50.5 Å². The van der Waals surface area contributed by atoms with E-state index in [-0.39, 0.29) is 11.8 Å². The summed E-state index contributed by atoms with van der Waals surface area (Å²) in [5.74, 6) is -0.826. The molecule has 4 rings (SSSR count). The fraction of sp³-hybridized carbons (Fsp3) is 0.421. The van der Waals surface area contributed by atoms with Crippen LogP contribution in [0.1, 0.15) is 23.9 Å². The lowest BCUT2D eigenvalue weighted by atomic mass is 10.1. The molecule has 7 nitrogen and oxygen atoms in total. The SMILES string of the molecule is CC1CN(Cc2cccc(CNc3ccc4nnc(C(F)(F)F)n4n3)c2)CCO1. The molecule has 1 fully saturated rings. The molecule has 1 aliphatic rings. The van der Waals surface area contributed by atoms with Gasteiger partial charge in [0, 0.05) is 26.2 Å². The summed E-state index contributed by atoms with van der Waals surface area (Å²) in [4.78, 5) is 2.35. The summed E-state index contributed by atoms with van der Waals surface area (Å²) in [6.07, 6.45) is -4.38. The van der Waals surface area contributed by atoms with E-state index >= 15 is 0 Å². The van der Waals surface area contributed by atoms with Crippen LogP contribution in [0.4, 0.5) is 19.0 Å². The molecule has 2 aromatic heterocycles. The van der Waals surface area contributed by atoms with E-state index in [1.165, 1.54) is 11.6 Å². The second-order valence-electron chi connectivity index (χ2n) is 7.10. The molecule has 1 unspecified atom stereocenters. The van der Waals surface area contributed by atoms with Crippen molar-refractivity contribution in [2.24, 2.45) is 0 Å². The minimum absolute atomic E-state index is 0.0459. The van der Waals surface area contributed by atoms with E-state index in [9.17, 15) is 13.2 Å². The van der Waals surface area contributed by atoms with Crippen molar-refractivity contribution in [2.45, 2.75) is 32.3 Å². The fourth-order valence-electron chi connectivity index (χ4n) is 3.38. The summed E-state index contributed by atoms with van der Waals surface area (Å²) < 4.78 is 45.3. The van der Waals surface area contributed by atoms with Crippen molar-refractivity contribution in [3.05, 3.63) is 53.3 Å². The molecule has 1 saturated heterocycles. The summed E-state index contributed by atoms with van der Waals surface area (Å²) in [5.41, 5.74) is 2.25. The first-order chi connectivity index (χ1) is 13.9. The van der Waals surface area contributed by atoms with E-state index in [0.717, 1.165) is 31.8 Å². The van der Waals surface area contributed by atoms with Gasteiger partial charge in [-0.2, -0.15) is 17.7 Å². The van der Waals surface area contributed by atoms with Crippen molar-refractivity contribution in [3.8, 4) is 0 Å². The largest absolute Gasteiger partial charge is 0.453 e. The van der Waals surface area contributed by atoms with Crippen molar-refractivity contribution in [1.29, 1.82) is 0 Å². The molecule has 3 heterocycles. The zero-order valence-electron chi connectivity index (χ0n) is 15.9. The van der Waals surface area contributed by atoms with Crippen LogP contribution >= 0.6 is 0 Å². The van der Waals surface area contributed by atoms with Gasteiger partial charge in [0.1, 0.15) is 5.82 Å². The van der Waals surface area contributed by atoms with Gasteiger partial charge in [-0.15, -0.1) is 15.3 Å². The van der Waals surface area contributed by atoms with Gasteiger partial charge in [-0.05, 0) is 30.2 Å². The third-order valence-electron chi connectivity index (χ3n) is 4.71. The Bertz CT molecular complexity index is 989. The highest BCUT2D eigenvalue weighted by molar-refractivity contribution is 5.44. The Hall–Kier alpha value is -2.72. The van der Waals surface area contributed by atoms with E-state index in [2.05, 4.69) is 44.6 Å². The van der Waals surface area contributed by atoms with Gasteiger partial charge >= 0.3 is 6.18 Å². The maximum absolute atomic E-state index is 13.0. The highest BCUT2D eigenvalue weighted by atomic mass is 19.4. The number of fused-ring (bicyclic) bond motifs is 1. The smallest absolute Gasteiger partial charge is 0.376 e. The molecule has 1 aromatic carbocycles. The number of alkyl halides is 3. The summed E-state index contributed by atoms with van der Waals surface area (Å²) in [6, 6.07) is 11.1. The third-order valence-corrected chi connectivity index (χ3v) is 4.71. The van der Waals surface area contributed by atoms with Crippen LogP contribution in [0.15, 0.2) is 36.4 Å². The Morgan fingerprint density at radius 1 is 1.17 bits per heavy atom. The van der Waals surface area contributed by atoms with Crippen LogP contribution in [0.2, 0.25) is 0 Å². The molecule has 0 amide bonds. The minimum Gasteiger partial charge on any atom is -0.376 e. The predicted molar refractivity (Wildman–Crippen MR) is 100 cm³/mol. The molecule has 0 spiro atoms. The monoisotopic (exact) mass is 406 g/mol. The van der Waals surface area contributed by atoms with Crippen LogP contribution in [0.3, 0.4) is 0 Å². The van der Waals surface area contributed by atoms with Gasteiger partial charge in [0.2, 0.25) is 0 Å². The standard InChI is InChI=1S/C19H21F3N6O/c1-13-11-27(7-8-29-13)12-15-4-2-3-14(9-15)10-23-16-5-6-17-24-25-18(19(20,21)22)28(17)26-16/h2-6,9,13H,7-8,10-12H2,1H3,(H,23,26). The summed E-state index contributed by atoms with van der Waals surface area (Å²) in [7, 11) is 0. The first-order valence-electron chi connectivity index (χ1n) is 9.34. The summed E-state index contributed by atoms with van der Waals surface area (Å²) in [6.45, 7) is 5.87. The number of halogens is 3. The van der Waals surface area contributed by atoms with Gasteiger partial charge in [-0.1, -0.05) is 24.3 Å². The molecule has 0 saturated carbocycles. The molecule has 0 aliphatic carbocycles. The topological polar surface area (TPSA) is 67.6 Å². The highest BCUT2D eigenvalue weighted by Crippen LogP contribution is 2.27. The minimum atomic E-state index is -4.61. The van der Waals surface area contributed by atoms with Gasteiger partial charge in [0.25, 0.3) is 5.82 Å². The maximum atomic E-state index is 13.0. The average molecular weight is 406 g/mol. The first-order valence-corrected chi connectivity index (χ1v) is 9.34. The number of ether oxygens (including phenoxy) is 1. The summed E-state index contributed by atoms with van der Waals surface area (Å²) in [5, 5.41) is 13.7. The molecule has 154 valence electrons. The van der Waals surface area contributed by atoms with Crippen LogP contribution < -0.4 is 5.32 Å². The Morgan fingerprint density at radius 2 is 2.00 bits per heavy atom. The normalized spacial score (nSPS) is 18.3. The van der Waals surface area contributed by atoms with Gasteiger partial charge < -0.3 is 10.1 Å². The van der Waals surface area contributed by atoms with E-state index in [1.54, 1.807) is 6.07 Å². The Labute approximate surface area is 165 Å². The van der Waals surface area contributed by atoms with Crippen molar-refractivity contribution in [1.82, 2.24) is 24.7 Å². The zero-order valence-corrected chi connectivity index (χ0v) is 15.9. The molecule has 1 N–H and O–H groups in total. The van der Waals surface area contributed by atoms with Crippen LogP contribution in [0.25, 0.3) is 5.65 Å². The number of benzene rings is 1. The lowest BCUT2D eigenvalue weighted by Crippen LogP contribution is -2.40. The maximum Gasteiger partial charge on any atom is 0.453 e. The second-order valence-corrected chi connectivity index (χ2v) is 7.10. The van der Waals surface area contributed by atoms with Crippen molar-refractivity contribution < 1.29 is 17.9 Å². The molecule has 3 aromatic rings. The van der Waals surface area contributed by atoms with Gasteiger partial charge in [0.15, 0.2) is 5.65 Å².